The number of rotatable bonds is 1. The first kappa shape index (κ1) is 14.6. The summed E-state index contributed by atoms with van der Waals surface area (Å²) in [6.45, 7) is 2.43. The van der Waals surface area contributed by atoms with Gasteiger partial charge in [0.25, 0.3) is 0 Å². The Balaban J connectivity index is 1.67. The molecule has 1 N–H and O–H groups in total. The molecule has 2 unspecified atom stereocenters. The van der Waals surface area contributed by atoms with E-state index in [0.717, 1.165) is 37.4 Å². The molecule has 5 nitrogen and oxygen atoms in total. The number of fused-ring (bicyclic) bond motifs is 3. The Kier molecular flexibility index (Phi) is 3.28. The molecular weight excluding hydrogens is 306 g/mol. The predicted molar refractivity (Wildman–Crippen MR) is 88.2 cm³/mol. The summed E-state index contributed by atoms with van der Waals surface area (Å²) in [5.41, 5.74) is 2.47. The Bertz CT molecular complexity index is 701. The molecule has 5 heteroatoms. The van der Waals surface area contributed by atoms with Crippen LogP contribution in [-0.2, 0) is 11.2 Å². The van der Waals surface area contributed by atoms with Crippen LogP contribution >= 0.6 is 0 Å². The smallest absolute Gasteiger partial charge is 0.231 e. The van der Waals surface area contributed by atoms with Crippen LogP contribution in [-0.4, -0.2) is 49.1 Å². The monoisotopic (exact) mass is 329 g/mol. The van der Waals surface area contributed by atoms with E-state index in [2.05, 4.69) is 23.1 Å². The van der Waals surface area contributed by atoms with E-state index >= 15 is 0 Å². The van der Waals surface area contributed by atoms with Crippen molar-refractivity contribution in [1.29, 1.82) is 0 Å². The second kappa shape index (κ2) is 5.39. The Labute approximate surface area is 141 Å². The molecule has 24 heavy (non-hydrogen) atoms. The molecule has 0 saturated carbocycles. The molecule has 4 atom stereocenters. The maximum absolute atomic E-state index is 11.0. The number of benzene rings is 1. The second-order valence-corrected chi connectivity index (χ2v) is 7.23. The normalized spacial score (nSPS) is 34.0. The zero-order chi connectivity index (χ0) is 16.3. The summed E-state index contributed by atoms with van der Waals surface area (Å²) < 4.78 is 16.7. The van der Waals surface area contributed by atoms with Crippen molar-refractivity contribution in [2.24, 2.45) is 5.92 Å². The topological polar surface area (TPSA) is 51.2 Å². The lowest BCUT2D eigenvalue weighted by molar-refractivity contribution is 0.0130. The first-order valence-corrected chi connectivity index (χ1v) is 8.86. The molecule has 3 aliphatic heterocycles. The highest BCUT2D eigenvalue weighted by molar-refractivity contribution is 5.52. The van der Waals surface area contributed by atoms with E-state index in [1.807, 2.05) is 0 Å². The fourth-order valence-corrected chi connectivity index (χ4v) is 5.06. The lowest BCUT2D eigenvalue weighted by atomic mass is 9.71. The Morgan fingerprint density at radius 1 is 1.21 bits per heavy atom. The number of ether oxygens (including phenoxy) is 3. The average Bonchev–Trinajstić information content (AvgIpc) is 2.99. The van der Waals surface area contributed by atoms with Crippen molar-refractivity contribution in [1.82, 2.24) is 4.90 Å². The number of hydrogen-bond acceptors (Lipinski definition) is 5. The molecule has 1 saturated heterocycles. The van der Waals surface area contributed by atoms with Crippen LogP contribution in [0.3, 0.4) is 0 Å². The fraction of sp³-hybridized carbons (Fsp3) is 0.579. The first-order chi connectivity index (χ1) is 11.8. The van der Waals surface area contributed by atoms with Gasteiger partial charge in [-0.1, -0.05) is 0 Å². The highest BCUT2D eigenvalue weighted by Gasteiger charge is 2.47. The molecule has 128 valence electrons. The molecule has 0 amide bonds. The van der Waals surface area contributed by atoms with Crippen molar-refractivity contribution < 1.29 is 19.3 Å². The molecule has 0 spiro atoms. The molecule has 1 aromatic carbocycles. The van der Waals surface area contributed by atoms with E-state index in [4.69, 9.17) is 14.2 Å². The summed E-state index contributed by atoms with van der Waals surface area (Å²) in [6.07, 6.45) is 4.92. The summed E-state index contributed by atoms with van der Waals surface area (Å²) in [7, 11) is 1.66. The van der Waals surface area contributed by atoms with Crippen molar-refractivity contribution in [3.63, 3.8) is 0 Å². The van der Waals surface area contributed by atoms with Gasteiger partial charge >= 0.3 is 0 Å². The standard InChI is InChI=1S/C19H23NO4/c1-22-16-8-12-3-2-5-20-6-4-11-7-14-15(24-10-23-14)9-13(11)17(18(12)20)19(16)21/h7-9,12,17-19,21H,2-6,10H2,1H3/t12-,17+,18?,19?/m1/s1. The van der Waals surface area contributed by atoms with Gasteiger partial charge < -0.3 is 19.3 Å². The highest BCUT2D eigenvalue weighted by atomic mass is 16.7. The maximum atomic E-state index is 11.0. The molecular formula is C19H23NO4. The maximum Gasteiger partial charge on any atom is 0.231 e. The molecule has 4 aliphatic rings. The van der Waals surface area contributed by atoms with Gasteiger partial charge in [-0.3, -0.25) is 4.90 Å². The molecule has 1 fully saturated rings. The summed E-state index contributed by atoms with van der Waals surface area (Å²) in [6, 6.07) is 4.55. The number of nitrogens with zero attached hydrogens (tertiary/aromatic N) is 1. The average molecular weight is 329 g/mol. The molecule has 1 aromatic rings. The van der Waals surface area contributed by atoms with Gasteiger partial charge in [0.2, 0.25) is 6.79 Å². The zero-order valence-electron chi connectivity index (χ0n) is 13.9. The number of aliphatic hydroxyl groups excluding tert-OH is 1. The van der Waals surface area contributed by atoms with Crippen LogP contribution in [0.4, 0.5) is 0 Å². The molecule has 1 aliphatic carbocycles. The van der Waals surface area contributed by atoms with Crippen molar-refractivity contribution >= 4 is 0 Å². The Hall–Kier alpha value is -1.72. The van der Waals surface area contributed by atoms with Gasteiger partial charge in [0.05, 0.1) is 7.11 Å². The van der Waals surface area contributed by atoms with Crippen LogP contribution in [0.1, 0.15) is 29.9 Å². The third-order valence-electron chi connectivity index (χ3n) is 6.12. The largest absolute Gasteiger partial charge is 0.499 e. The van der Waals surface area contributed by atoms with E-state index < -0.39 is 6.10 Å². The Morgan fingerprint density at radius 3 is 2.88 bits per heavy atom. The van der Waals surface area contributed by atoms with Gasteiger partial charge in [-0.2, -0.15) is 0 Å². The van der Waals surface area contributed by atoms with Crippen LogP contribution in [0.15, 0.2) is 24.0 Å². The van der Waals surface area contributed by atoms with E-state index in [1.165, 1.54) is 17.5 Å². The van der Waals surface area contributed by atoms with Gasteiger partial charge in [-0.15, -0.1) is 0 Å². The highest BCUT2D eigenvalue weighted by Crippen LogP contribution is 2.48. The molecule has 0 radical (unpaired) electrons. The summed E-state index contributed by atoms with van der Waals surface area (Å²) in [5.74, 6) is 2.82. The summed E-state index contributed by atoms with van der Waals surface area (Å²) in [4.78, 5) is 2.57. The number of piperidine rings is 1. The van der Waals surface area contributed by atoms with Gasteiger partial charge in [0, 0.05) is 18.5 Å². The first-order valence-electron chi connectivity index (χ1n) is 8.86. The summed E-state index contributed by atoms with van der Waals surface area (Å²) >= 11 is 0. The van der Waals surface area contributed by atoms with Crippen LogP contribution < -0.4 is 9.47 Å². The van der Waals surface area contributed by atoms with Crippen molar-refractivity contribution in [2.45, 2.75) is 37.3 Å². The minimum absolute atomic E-state index is 0.0299. The van der Waals surface area contributed by atoms with Crippen LogP contribution in [0.25, 0.3) is 0 Å². The van der Waals surface area contributed by atoms with Crippen molar-refractivity contribution in [3.05, 3.63) is 35.1 Å². The van der Waals surface area contributed by atoms with Crippen molar-refractivity contribution in [2.75, 3.05) is 27.0 Å². The lowest BCUT2D eigenvalue weighted by Crippen LogP contribution is -2.53. The summed E-state index contributed by atoms with van der Waals surface area (Å²) in [5, 5.41) is 11.0. The Morgan fingerprint density at radius 2 is 2.04 bits per heavy atom. The van der Waals surface area contributed by atoms with Crippen LogP contribution in [0, 0.1) is 5.92 Å². The van der Waals surface area contributed by atoms with Crippen LogP contribution in [0.2, 0.25) is 0 Å². The van der Waals surface area contributed by atoms with E-state index in [-0.39, 0.29) is 12.7 Å². The zero-order valence-corrected chi connectivity index (χ0v) is 13.9. The van der Waals surface area contributed by atoms with Crippen LogP contribution in [0.5, 0.6) is 11.5 Å². The lowest BCUT2D eigenvalue weighted by Gasteiger charge is -2.47. The van der Waals surface area contributed by atoms with Crippen molar-refractivity contribution in [3.8, 4) is 11.5 Å². The molecule has 5 rings (SSSR count). The van der Waals surface area contributed by atoms with Gasteiger partial charge in [0.1, 0.15) is 11.9 Å². The van der Waals surface area contributed by atoms with Gasteiger partial charge in [-0.25, -0.2) is 0 Å². The van der Waals surface area contributed by atoms with E-state index in [1.54, 1.807) is 7.11 Å². The molecule has 0 bridgehead atoms. The predicted octanol–water partition coefficient (Wildman–Crippen LogP) is 2.04. The number of methoxy groups -OCH3 is 1. The van der Waals surface area contributed by atoms with Gasteiger partial charge in [0.15, 0.2) is 11.5 Å². The fourth-order valence-electron chi connectivity index (χ4n) is 5.06. The minimum atomic E-state index is -0.603. The third-order valence-corrected chi connectivity index (χ3v) is 6.12. The third kappa shape index (κ3) is 2.01. The second-order valence-electron chi connectivity index (χ2n) is 7.23. The minimum Gasteiger partial charge on any atom is -0.499 e. The molecule has 0 aromatic heterocycles. The SMILES string of the molecule is COC1=C[C@H]2CCCN3CCc4cc5c(cc4[C@H](C1O)C23)OCO5. The van der Waals surface area contributed by atoms with E-state index in [9.17, 15) is 5.11 Å². The quantitative estimate of drug-likeness (QED) is 0.854. The number of hydrogen-bond donors (Lipinski definition) is 1. The molecule has 3 heterocycles. The number of aliphatic hydroxyl groups is 1. The van der Waals surface area contributed by atoms with E-state index in [0.29, 0.717) is 17.7 Å². The van der Waals surface area contributed by atoms with Gasteiger partial charge in [-0.05, 0) is 61.1 Å².